The number of thiophene rings is 1. The van der Waals surface area contributed by atoms with Crippen LogP contribution in [0.25, 0.3) is 10.4 Å². The molecule has 4 nitrogen and oxygen atoms in total. The van der Waals surface area contributed by atoms with E-state index in [1.807, 2.05) is 12.1 Å². The maximum Gasteiger partial charge on any atom is 0.350 e. The second kappa shape index (κ2) is 4.90. The molecule has 2 rings (SSSR count). The van der Waals surface area contributed by atoms with E-state index < -0.39 is 5.97 Å². The number of nitriles is 1. The standard InChI is InChI=1S/C13H10N2O2S/c1-17-13(16)12-10(15)6-11(18-12)9-4-2-8(7-14)3-5-9/h2-6H,15H2,1H3. The molecular weight excluding hydrogens is 248 g/mol. The summed E-state index contributed by atoms with van der Waals surface area (Å²) in [4.78, 5) is 12.7. The molecule has 0 aliphatic heterocycles. The Morgan fingerprint density at radius 1 is 1.39 bits per heavy atom. The zero-order chi connectivity index (χ0) is 13.1. The number of hydrogen-bond acceptors (Lipinski definition) is 5. The molecule has 0 saturated heterocycles. The topological polar surface area (TPSA) is 76.1 Å². The van der Waals surface area contributed by atoms with Crippen LogP contribution in [0.3, 0.4) is 0 Å². The van der Waals surface area contributed by atoms with E-state index >= 15 is 0 Å². The van der Waals surface area contributed by atoms with Gasteiger partial charge in [0.25, 0.3) is 0 Å². The molecule has 0 aliphatic carbocycles. The number of nitrogen functional groups attached to an aromatic ring is 1. The average molecular weight is 258 g/mol. The first-order valence-electron chi connectivity index (χ1n) is 5.14. The summed E-state index contributed by atoms with van der Waals surface area (Å²) >= 11 is 1.28. The molecule has 0 spiro atoms. The van der Waals surface area contributed by atoms with Crippen molar-refractivity contribution in [1.82, 2.24) is 0 Å². The molecule has 2 N–H and O–H groups in total. The van der Waals surface area contributed by atoms with Crippen LogP contribution in [0.4, 0.5) is 5.69 Å². The Balaban J connectivity index is 2.39. The molecule has 18 heavy (non-hydrogen) atoms. The van der Waals surface area contributed by atoms with Crippen LogP contribution < -0.4 is 5.73 Å². The lowest BCUT2D eigenvalue weighted by atomic mass is 10.1. The summed E-state index contributed by atoms with van der Waals surface area (Å²) in [6.07, 6.45) is 0. The lowest BCUT2D eigenvalue weighted by molar-refractivity contribution is 0.0607. The Morgan fingerprint density at radius 2 is 2.06 bits per heavy atom. The zero-order valence-electron chi connectivity index (χ0n) is 9.64. The Morgan fingerprint density at radius 3 is 2.61 bits per heavy atom. The van der Waals surface area contributed by atoms with Gasteiger partial charge in [-0.15, -0.1) is 11.3 Å². The van der Waals surface area contributed by atoms with E-state index in [2.05, 4.69) is 10.8 Å². The van der Waals surface area contributed by atoms with Gasteiger partial charge < -0.3 is 10.5 Å². The number of carbonyl (C=O) groups excluding carboxylic acids is 1. The van der Waals surface area contributed by atoms with E-state index in [0.29, 0.717) is 16.1 Å². The highest BCUT2D eigenvalue weighted by molar-refractivity contribution is 7.18. The predicted molar refractivity (Wildman–Crippen MR) is 70.2 cm³/mol. The molecular formula is C13H10N2O2S. The molecule has 0 unspecified atom stereocenters. The fraction of sp³-hybridized carbons (Fsp3) is 0.0769. The molecule has 1 aromatic carbocycles. The van der Waals surface area contributed by atoms with Crippen molar-refractivity contribution in [2.45, 2.75) is 0 Å². The summed E-state index contributed by atoms with van der Waals surface area (Å²) < 4.78 is 4.65. The number of methoxy groups -OCH3 is 1. The Bertz CT molecular complexity index is 623. The highest BCUT2D eigenvalue weighted by Gasteiger charge is 2.15. The number of hydrogen-bond donors (Lipinski definition) is 1. The summed E-state index contributed by atoms with van der Waals surface area (Å²) in [5.41, 5.74) is 7.69. The van der Waals surface area contributed by atoms with Gasteiger partial charge in [-0.25, -0.2) is 4.79 Å². The molecule has 2 aromatic rings. The minimum atomic E-state index is -0.433. The number of nitrogens with zero attached hydrogens (tertiary/aromatic N) is 1. The summed E-state index contributed by atoms with van der Waals surface area (Å²) in [5.74, 6) is -0.433. The molecule has 0 bridgehead atoms. The van der Waals surface area contributed by atoms with E-state index in [9.17, 15) is 4.79 Å². The van der Waals surface area contributed by atoms with E-state index in [1.54, 1.807) is 18.2 Å². The van der Waals surface area contributed by atoms with Crippen molar-refractivity contribution in [3.05, 3.63) is 40.8 Å². The van der Waals surface area contributed by atoms with Gasteiger partial charge >= 0.3 is 5.97 Å². The number of esters is 1. The molecule has 1 aromatic heterocycles. The summed E-state index contributed by atoms with van der Waals surface area (Å²) in [6.45, 7) is 0. The largest absolute Gasteiger partial charge is 0.465 e. The number of benzene rings is 1. The van der Waals surface area contributed by atoms with Gasteiger partial charge in [0.05, 0.1) is 24.4 Å². The molecule has 0 radical (unpaired) electrons. The van der Waals surface area contributed by atoms with Crippen molar-refractivity contribution in [3.63, 3.8) is 0 Å². The van der Waals surface area contributed by atoms with Gasteiger partial charge in [-0.1, -0.05) is 12.1 Å². The van der Waals surface area contributed by atoms with E-state index in [-0.39, 0.29) is 0 Å². The van der Waals surface area contributed by atoms with Crippen LogP contribution in [0.2, 0.25) is 0 Å². The summed E-state index contributed by atoms with van der Waals surface area (Å²) in [7, 11) is 1.32. The first kappa shape index (κ1) is 12.1. The van der Waals surface area contributed by atoms with Crippen molar-refractivity contribution >= 4 is 23.0 Å². The van der Waals surface area contributed by atoms with Gasteiger partial charge in [-0.2, -0.15) is 5.26 Å². The van der Waals surface area contributed by atoms with Crippen LogP contribution in [-0.4, -0.2) is 13.1 Å². The Hall–Kier alpha value is -2.32. The maximum atomic E-state index is 11.4. The van der Waals surface area contributed by atoms with Crippen LogP contribution in [0.15, 0.2) is 30.3 Å². The van der Waals surface area contributed by atoms with E-state index in [1.165, 1.54) is 18.4 Å². The number of rotatable bonds is 2. The van der Waals surface area contributed by atoms with E-state index in [4.69, 9.17) is 11.0 Å². The number of nitrogens with two attached hydrogens (primary N) is 1. The molecule has 5 heteroatoms. The highest BCUT2D eigenvalue weighted by Crippen LogP contribution is 2.33. The van der Waals surface area contributed by atoms with Crippen molar-refractivity contribution < 1.29 is 9.53 Å². The molecule has 0 saturated carbocycles. The van der Waals surface area contributed by atoms with Crippen molar-refractivity contribution in [2.24, 2.45) is 0 Å². The molecule has 90 valence electrons. The van der Waals surface area contributed by atoms with Crippen LogP contribution in [0.1, 0.15) is 15.2 Å². The third-order valence-corrected chi connectivity index (χ3v) is 3.61. The van der Waals surface area contributed by atoms with Crippen LogP contribution in [0.5, 0.6) is 0 Å². The highest BCUT2D eigenvalue weighted by atomic mass is 32.1. The molecule has 1 heterocycles. The van der Waals surface area contributed by atoms with Gasteiger partial charge in [0, 0.05) is 4.88 Å². The quantitative estimate of drug-likeness (QED) is 0.840. The lowest BCUT2D eigenvalue weighted by Gasteiger charge is -1.96. The maximum absolute atomic E-state index is 11.4. The van der Waals surface area contributed by atoms with Crippen molar-refractivity contribution in [3.8, 4) is 16.5 Å². The minimum Gasteiger partial charge on any atom is -0.465 e. The van der Waals surface area contributed by atoms with E-state index in [0.717, 1.165) is 10.4 Å². The fourth-order valence-electron chi connectivity index (χ4n) is 1.51. The second-order valence-corrected chi connectivity index (χ2v) is 4.63. The minimum absolute atomic E-state index is 0.400. The number of carbonyl (C=O) groups is 1. The summed E-state index contributed by atoms with van der Waals surface area (Å²) in [6, 6.07) is 10.9. The van der Waals surface area contributed by atoms with Crippen LogP contribution >= 0.6 is 11.3 Å². The van der Waals surface area contributed by atoms with Crippen LogP contribution in [0, 0.1) is 11.3 Å². The molecule has 0 fully saturated rings. The fourth-order valence-corrected chi connectivity index (χ4v) is 2.51. The summed E-state index contributed by atoms with van der Waals surface area (Å²) in [5, 5.41) is 8.72. The van der Waals surface area contributed by atoms with Gasteiger partial charge in [-0.3, -0.25) is 0 Å². The zero-order valence-corrected chi connectivity index (χ0v) is 10.5. The molecule has 0 atom stereocenters. The van der Waals surface area contributed by atoms with Gasteiger partial charge in [-0.05, 0) is 23.8 Å². The smallest absolute Gasteiger partial charge is 0.350 e. The Kier molecular flexibility index (Phi) is 3.31. The molecule has 0 aliphatic rings. The predicted octanol–water partition coefficient (Wildman–Crippen LogP) is 2.66. The SMILES string of the molecule is COC(=O)c1sc(-c2ccc(C#N)cc2)cc1N. The van der Waals surface area contributed by atoms with Crippen molar-refractivity contribution in [1.29, 1.82) is 5.26 Å². The number of anilines is 1. The van der Waals surface area contributed by atoms with Gasteiger partial charge in [0.15, 0.2) is 0 Å². The Labute approximate surface area is 108 Å². The third kappa shape index (κ3) is 2.19. The van der Waals surface area contributed by atoms with Gasteiger partial charge in [0.2, 0.25) is 0 Å². The monoisotopic (exact) mass is 258 g/mol. The van der Waals surface area contributed by atoms with Gasteiger partial charge in [0.1, 0.15) is 4.88 Å². The van der Waals surface area contributed by atoms with Crippen LogP contribution in [-0.2, 0) is 4.74 Å². The lowest BCUT2D eigenvalue weighted by Crippen LogP contribution is -2.00. The molecule has 0 amide bonds. The van der Waals surface area contributed by atoms with Crippen molar-refractivity contribution in [2.75, 3.05) is 12.8 Å². The first-order valence-corrected chi connectivity index (χ1v) is 5.95. The average Bonchev–Trinajstić information content (AvgIpc) is 2.80. The first-order chi connectivity index (χ1) is 8.65. The third-order valence-electron chi connectivity index (χ3n) is 2.43. The normalized spacial score (nSPS) is 9.78. The number of ether oxygens (including phenoxy) is 1. The second-order valence-electron chi connectivity index (χ2n) is 3.58.